The third-order valence-corrected chi connectivity index (χ3v) is 4.60. The number of hydrogen-bond donors (Lipinski definition) is 2. The van der Waals surface area contributed by atoms with Gasteiger partial charge >= 0.3 is 0 Å². The second kappa shape index (κ2) is 7.53. The number of anilines is 1. The molecule has 0 aliphatic rings. The summed E-state index contributed by atoms with van der Waals surface area (Å²) in [6, 6.07) is 17.3. The van der Waals surface area contributed by atoms with Gasteiger partial charge in [-0.15, -0.1) is 0 Å². The fourth-order valence-electron chi connectivity index (χ4n) is 2.69. The summed E-state index contributed by atoms with van der Waals surface area (Å²) < 4.78 is 2.74. The van der Waals surface area contributed by atoms with Gasteiger partial charge in [0.25, 0.3) is 0 Å². The number of fused-ring (bicyclic) bond motifs is 1. The van der Waals surface area contributed by atoms with Crippen LogP contribution in [0.2, 0.25) is 0 Å². The molecule has 25 heavy (non-hydrogen) atoms. The molecule has 128 valence electrons. The highest BCUT2D eigenvalue weighted by Gasteiger charge is 2.11. The largest absolute Gasteiger partial charge is 0.345 e. The number of aromatic nitrogens is 1. The Morgan fingerprint density at radius 2 is 1.76 bits per heavy atom. The molecule has 1 heterocycles. The van der Waals surface area contributed by atoms with Crippen LogP contribution in [0.1, 0.15) is 5.69 Å². The molecule has 6 heteroatoms. The minimum absolute atomic E-state index is 0.0710. The van der Waals surface area contributed by atoms with Crippen molar-refractivity contribution in [3.8, 4) is 0 Å². The van der Waals surface area contributed by atoms with Crippen molar-refractivity contribution in [2.45, 2.75) is 13.5 Å². The van der Waals surface area contributed by atoms with E-state index in [1.807, 2.05) is 60.0 Å². The SMILES string of the molecule is Cc1cc2ccccc2n1CC(=O)NCC(=O)Nc1ccccc1Br. The van der Waals surface area contributed by atoms with Crippen LogP contribution < -0.4 is 10.6 Å². The van der Waals surface area contributed by atoms with Crippen LogP contribution >= 0.6 is 15.9 Å². The minimum atomic E-state index is -0.269. The topological polar surface area (TPSA) is 63.1 Å². The monoisotopic (exact) mass is 399 g/mol. The third-order valence-electron chi connectivity index (χ3n) is 3.91. The molecule has 3 aromatic rings. The van der Waals surface area contributed by atoms with E-state index in [9.17, 15) is 9.59 Å². The summed E-state index contributed by atoms with van der Waals surface area (Å²) in [5, 5.41) is 6.52. The molecule has 5 nitrogen and oxygen atoms in total. The van der Waals surface area contributed by atoms with Crippen molar-refractivity contribution in [3.05, 3.63) is 64.8 Å². The molecule has 2 amide bonds. The van der Waals surface area contributed by atoms with Crippen molar-refractivity contribution >= 4 is 44.3 Å². The van der Waals surface area contributed by atoms with Crippen LogP contribution in [0.5, 0.6) is 0 Å². The lowest BCUT2D eigenvalue weighted by molar-refractivity contribution is -0.124. The first kappa shape index (κ1) is 17.2. The van der Waals surface area contributed by atoms with E-state index in [1.165, 1.54) is 0 Å². The minimum Gasteiger partial charge on any atom is -0.345 e. The lowest BCUT2D eigenvalue weighted by Crippen LogP contribution is -2.35. The predicted molar refractivity (Wildman–Crippen MR) is 102 cm³/mol. The summed E-state index contributed by atoms with van der Waals surface area (Å²) in [5.74, 6) is -0.471. The van der Waals surface area contributed by atoms with Crippen LogP contribution in [-0.2, 0) is 16.1 Å². The summed E-state index contributed by atoms with van der Waals surface area (Å²) in [4.78, 5) is 24.2. The lowest BCUT2D eigenvalue weighted by atomic mass is 10.2. The predicted octanol–water partition coefficient (Wildman–Crippen LogP) is 3.47. The number of carbonyl (C=O) groups is 2. The first-order chi connectivity index (χ1) is 12.0. The summed E-state index contributed by atoms with van der Waals surface area (Å²) in [6.45, 7) is 2.08. The number of nitrogens with zero attached hydrogens (tertiary/aromatic N) is 1. The Hall–Kier alpha value is -2.60. The van der Waals surface area contributed by atoms with E-state index >= 15 is 0 Å². The number of amides is 2. The van der Waals surface area contributed by atoms with E-state index in [1.54, 1.807) is 6.07 Å². The Morgan fingerprint density at radius 3 is 2.56 bits per heavy atom. The summed E-state index contributed by atoms with van der Waals surface area (Å²) in [6.07, 6.45) is 0. The van der Waals surface area contributed by atoms with E-state index in [0.29, 0.717) is 5.69 Å². The molecule has 2 N–H and O–H groups in total. The molecule has 2 aromatic carbocycles. The van der Waals surface area contributed by atoms with Gasteiger partial charge in [0.05, 0.1) is 12.2 Å². The molecule has 0 fully saturated rings. The summed E-state index contributed by atoms with van der Waals surface area (Å²) in [7, 11) is 0. The fraction of sp³-hybridized carbons (Fsp3) is 0.158. The quantitative estimate of drug-likeness (QED) is 0.689. The van der Waals surface area contributed by atoms with Gasteiger partial charge in [-0.2, -0.15) is 0 Å². The molecule has 0 saturated carbocycles. The van der Waals surface area contributed by atoms with Gasteiger partial charge in [-0.25, -0.2) is 0 Å². The first-order valence-electron chi connectivity index (χ1n) is 7.90. The molecule has 0 atom stereocenters. The lowest BCUT2D eigenvalue weighted by Gasteiger charge is -2.10. The van der Waals surface area contributed by atoms with Crippen LogP contribution in [0, 0.1) is 6.92 Å². The van der Waals surface area contributed by atoms with E-state index in [-0.39, 0.29) is 24.9 Å². The Balaban J connectivity index is 1.58. The molecular formula is C19H18BrN3O2. The Labute approximate surface area is 154 Å². The molecule has 0 aliphatic carbocycles. The van der Waals surface area contributed by atoms with Gasteiger partial charge in [0.1, 0.15) is 6.54 Å². The second-order valence-electron chi connectivity index (χ2n) is 5.74. The number of halogens is 1. The maximum absolute atomic E-state index is 12.2. The summed E-state index contributed by atoms with van der Waals surface area (Å²) >= 11 is 3.37. The fourth-order valence-corrected chi connectivity index (χ4v) is 3.08. The molecule has 0 radical (unpaired) electrons. The molecule has 0 aliphatic heterocycles. The van der Waals surface area contributed by atoms with Crippen LogP contribution in [0.15, 0.2) is 59.1 Å². The molecule has 0 bridgehead atoms. The molecule has 3 rings (SSSR count). The molecule has 0 unspecified atom stereocenters. The van der Waals surface area contributed by atoms with E-state index in [0.717, 1.165) is 21.1 Å². The van der Waals surface area contributed by atoms with E-state index in [4.69, 9.17) is 0 Å². The van der Waals surface area contributed by atoms with Crippen molar-refractivity contribution in [3.63, 3.8) is 0 Å². The number of benzene rings is 2. The van der Waals surface area contributed by atoms with Crippen molar-refractivity contribution in [2.75, 3.05) is 11.9 Å². The van der Waals surface area contributed by atoms with Crippen LogP contribution in [0.4, 0.5) is 5.69 Å². The average Bonchev–Trinajstić information content (AvgIpc) is 2.91. The normalized spacial score (nSPS) is 10.6. The Kier molecular flexibility index (Phi) is 5.19. The van der Waals surface area contributed by atoms with Crippen LogP contribution in [0.25, 0.3) is 10.9 Å². The molecule has 1 aromatic heterocycles. The molecular weight excluding hydrogens is 382 g/mol. The third kappa shape index (κ3) is 4.09. The van der Waals surface area contributed by atoms with Gasteiger partial charge in [0, 0.05) is 15.7 Å². The number of hydrogen-bond acceptors (Lipinski definition) is 2. The zero-order valence-electron chi connectivity index (χ0n) is 13.8. The number of rotatable bonds is 5. The van der Waals surface area contributed by atoms with Crippen molar-refractivity contribution in [1.29, 1.82) is 0 Å². The maximum atomic E-state index is 12.2. The Morgan fingerprint density at radius 1 is 1.04 bits per heavy atom. The van der Waals surface area contributed by atoms with Crippen LogP contribution in [-0.4, -0.2) is 22.9 Å². The van der Waals surface area contributed by atoms with Crippen molar-refractivity contribution in [1.82, 2.24) is 9.88 Å². The van der Waals surface area contributed by atoms with Gasteiger partial charge in [-0.1, -0.05) is 30.3 Å². The average molecular weight is 400 g/mol. The highest BCUT2D eigenvalue weighted by Crippen LogP contribution is 2.21. The van der Waals surface area contributed by atoms with Gasteiger partial charge in [-0.3, -0.25) is 9.59 Å². The molecule has 0 spiro atoms. The number of nitrogens with one attached hydrogen (secondary N) is 2. The van der Waals surface area contributed by atoms with Gasteiger partial charge in [0.2, 0.25) is 11.8 Å². The van der Waals surface area contributed by atoms with E-state index < -0.39 is 0 Å². The first-order valence-corrected chi connectivity index (χ1v) is 8.70. The Bertz CT molecular complexity index is 933. The smallest absolute Gasteiger partial charge is 0.243 e. The van der Waals surface area contributed by atoms with Gasteiger partial charge in [-0.05, 0) is 52.5 Å². The number of carbonyl (C=O) groups excluding carboxylic acids is 2. The van der Waals surface area contributed by atoms with Crippen molar-refractivity contribution in [2.24, 2.45) is 0 Å². The highest BCUT2D eigenvalue weighted by molar-refractivity contribution is 9.10. The van der Waals surface area contributed by atoms with E-state index in [2.05, 4.69) is 26.6 Å². The highest BCUT2D eigenvalue weighted by atomic mass is 79.9. The standard InChI is InChI=1S/C19H18BrN3O2/c1-13-10-14-6-2-5-9-17(14)23(13)12-19(25)21-11-18(24)22-16-8-4-3-7-15(16)20/h2-10H,11-12H2,1H3,(H,21,25)(H,22,24). The number of aryl methyl sites for hydroxylation is 1. The summed E-state index contributed by atoms with van der Waals surface area (Å²) in [5.41, 5.74) is 2.69. The zero-order chi connectivity index (χ0) is 17.8. The van der Waals surface area contributed by atoms with Gasteiger partial charge in [0.15, 0.2) is 0 Å². The van der Waals surface area contributed by atoms with Gasteiger partial charge < -0.3 is 15.2 Å². The molecule has 0 saturated heterocycles. The zero-order valence-corrected chi connectivity index (χ0v) is 15.3. The number of para-hydroxylation sites is 2. The second-order valence-corrected chi connectivity index (χ2v) is 6.59. The van der Waals surface area contributed by atoms with Crippen molar-refractivity contribution < 1.29 is 9.59 Å². The maximum Gasteiger partial charge on any atom is 0.243 e. The van der Waals surface area contributed by atoms with Crippen LogP contribution in [0.3, 0.4) is 0 Å².